The molecule has 2 saturated heterocycles. The van der Waals surface area contributed by atoms with Crippen molar-refractivity contribution in [2.75, 3.05) is 18.8 Å². The van der Waals surface area contributed by atoms with Gasteiger partial charge >= 0.3 is 0 Å². The van der Waals surface area contributed by atoms with Crippen LogP contribution in [0, 0.1) is 47.3 Å². The third-order valence-electron chi connectivity index (χ3n) is 10.9. The van der Waals surface area contributed by atoms with E-state index in [0.29, 0.717) is 61.5 Å². The lowest BCUT2D eigenvalue weighted by atomic mass is 9.77. The number of hydrogen-bond acceptors (Lipinski definition) is 8. The van der Waals surface area contributed by atoms with Crippen molar-refractivity contribution < 1.29 is 33.6 Å². The first kappa shape index (κ1) is 40.1. The third-order valence-corrected chi connectivity index (χ3v) is 12.2. The molecule has 2 aliphatic heterocycles. The number of Topliss-reactive ketones (excluding diaryl/α,β-unsaturated/α-hetero) is 3. The van der Waals surface area contributed by atoms with Gasteiger partial charge in [0.05, 0.1) is 5.25 Å². The summed E-state index contributed by atoms with van der Waals surface area (Å²) in [7, 11) is 0. The van der Waals surface area contributed by atoms with E-state index in [4.69, 9.17) is 0 Å². The zero-order chi connectivity index (χ0) is 35.7. The van der Waals surface area contributed by atoms with Crippen molar-refractivity contribution in [1.82, 2.24) is 9.80 Å². The van der Waals surface area contributed by atoms with Crippen molar-refractivity contribution in [2.24, 2.45) is 47.3 Å². The quantitative estimate of drug-likeness (QED) is 0.195. The maximum absolute atomic E-state index is 12.6. The molecule has 2 atom stereocenters. The first-order valence-corrected chi connectivity index (χ1v) is 19.6. The number of rotatable bonds is 14. The van der Waals surface area contributed by atoms with Crippen LogP contribution in [0.25, 0.3) is 0 Å². The molecule has 4 amide bonds. The molecule has 0 aromatic heterocycles. The zero-order valence-corrected chi connectivity index (χ0v) is 31.3. The van der Waals surface area contributed by atoms with E-state index in [2.05, 4.69) is 0 Å². The van der Waals surface area contributed by atoms with E-state index in [1.165, 1.54) is 21.6 Å². The minimum atomic E-state index is -0.333. The lowest BCUT2D eigenvalue weighted by molar-refractivity contribution is -0.141. The fraction of sp³-hybridized carbons (Fsp3) is 0.816. The van der Waals surface area contributed by atoms with Crippen molar-refractivity contribution in [3.63, 3.8) is 0 Å². The van der Waals surface area contributed by atoms with E-state index in [1.54, 1.807) is 0 Å². The molecule has 4 rings (SSSR count). The first-order valence-electron chi connectivity index (χ1n) is 18.5. The second-order valence-electron chi connectivity index (χ2n) is 15.5. The number of carbonyl (C=O) groups excluding carboxylic acids is 7. The number of carbonyl (C=O) groups is 7. The maximum atomic E-state index is 12.6. The number of likely N-dealkylation sites (tertiary alicyclic amines) is 2. The van der Waals surface area contributed by atoms with Crippen LogP contribution in [0.5, 0.6) is 0 Å². The molecule has 10 heteroatoms. The molecule has 0 aromatic carbocycles. The molecule has 2 unspecified atom stereocenters. The highest BCUT2D eigenvalue weighted by Gasteiger charge is 2.42. The van der Waals surface area contributed by atoms with Crippen molar-refractivity contribution in [3.05, 3.63) is 0 Å². The molecular weight excluding hydrogens is 628 g/mol. The highest BCUT2D eigenvalue weighted by molar-refractivity contribution is 8.00. The number of imide groups is 2. The van der Waals surface area contributed by atoms with Gasteiger partial charge in [0.2, 0.25) is 23.6 Å². The van der Waals surface area contributed by atoms with Gasteiger partial charge in [-0.25, -0.2) is 0 Å². The van der Waals surface area contributed by atoms with Crippen molar-refractivity contribution >= 4 is 52.7 Å². The lowest BCUT2D eigenvalue weighted by Gasteiger charge is -2.30. The van der Waals surface area contributed by atoms with Crippen molar-refractivity contribution in [3.8, 4) is 0 Å². The number of thioether (sulfide) groups is 1. The molecule has 0 radical (unpaired) electrons. The van der Waals surface area contributed by atoms with E-state index in [9.17, 15) is 33.6 Å². The summed E-state index contributed by atoms with van der Waals surface area (Å²) in [5.74, 6) is 2.57. The Morgan fingerprint density at radius 3 is 1.65 bits per heavy atom. The van der Waals surface area contributed by atoms with E-state index in [1.807, 2.05) is 48.5 Å². The van der Waals surface area contributed by atoms with Crippen LogP contribution in [-0.2, 0) is 33.6 Å². The van der Waals surface area contributed by atoms with Crippen molar-refractivity contribution in [2.45, 2.75) is 131 Å². The van der Waals surface area contributed by atoms with Crippen LogP contribution < -0.4 is 0 Å². The van der Waals surface area contributed by atoms with Crippen molar-refractivity contribution in [1.29, 1.82) is 0 Å². The first-order chi connectivity index (χ1) is 22.6. The van der Waals surface area contributed by atoms with Crippen LogP contribution in [-0.4, -0.2) is 74.9 Å². The number of ketones is 3. The van der Waals surface area contributed by atoms with E-state index >= 15 is 0 Å². The standard InChI is InChI=1S/C20H31NO4S.C18H29NO3/c1-4-16(22)15-7-5-14(6-8-15)12-21-19(24)11-18(20(21)25)26-10-9-17(23)13(2)3;1-11(2)15-9-16(20)19(18(15)22)10-13-5-7-14(8-6-13)17(21)12(3)4/h13-15,18H,4-12H2,1-3H3;11-15H,5-10H2,1-4H3. The molecule has 0 bridgehead atoms. The molecular formula is C38H60N2O7S. The summed E-state index contributed by atoms with van der Waals surface area (Å²) >= 11 is 1.44. The topological polar surface area (TPSA) is 126 Å². The molecule has 270 valence electrons. The predicted molar refractivity (Wildman–Crippen MR) is 188 cm³/mol. The highest BCUT2D eigenvalue weighted by atomic mass is 32.2. The third kappa shape index (κ3) is 10.8. The molecule has 2 heterocycles. The highest BCUT2D eigenvalue weighted by Crippen LogP contribution is 2.35. The largest absolute Gasteiger partial charge is 0.299 e. The Labute approximate surface area is 292 Å². The van der Waals surface area contributed by atoms with E-state index in [-0.39, 0.29) is 76.6 Å². The van der Waals surface area contributed by atoms with Gasteiger partial charge < -0.3 is 0 Å². The molecule has 0 aromatic rings. The second kappa shape index (κ2) is 18.6. The Balaban J connectivity index is 0.000000264. The van der Waals surface area contributed by atoms with Gasteiger partial charge in [-0.05, 0) is 69.1 Å². The summed E-state index contributed by atoms with van der Waals surface area (Å²) < 4.78 is 0. The maximum Gasteiger partial charge on any atom is 0.242 e. The zero-order valence-electron chi connectivity index (χ0n) is 30.5. The summed E-state index contributed by atoms with van der Waals surface area (Å²) in [6.45, 7) is 14.6. The van der Waals surface area contributed by atoms with Crippen LogP contribution in [0.15, 0.2) is 0 Å². The Morgan fingerprint density at radius 1 is 0.688 bits per heavy atom. The molecule has 0 spiro atoms. The van der Waals surface area contributed by atoms with E-state index < -0.39 is 0 Å². The minimum Gasteiger partial charge on any atom is -0.299 e. The van der Waals surface area contributed by atoms with Gasteiger partial charge in [-0.2, -0.15) is 0 Å². The van der Waals surface area contributed by atoms with Gasteiger partial charge in [0.25, 0.3) is 0 Å². The van der Waals surface area contributed by atoms with E-state index in [0.717, 1.165) is 51.4 Å². The Morgan fingerprint density at radius 2 is 1.19 bits per heavy atom. The summed E-state index contributed by atoms with van der Waals surface area (Å²) in [5.41, 5.74) is 0. The van der Waals surface area contributed by atoms with Crippen LogP contribution in [0.4, 0.5) is 0 Å². The number of amides is 4. The van der Waals surface area contributed by atoms with Crippen LogP contribution in [0.2, 0.25) is 0 Å². The summed E-state index contributed by atoms with van der Waals surface area (Å²) in [6.07, 6.45) is 8.97. The van der Waals surface area contributed by atoms with Gasteiger partial charge in [0.1, 0.15) is 17.3 Å². The summed E-state index contributed by atoms with van der Waals surface area (Å²) in [5, 5.41) is -0.333. The SMILES string of the molecule is CC(C)C(=O)C1CCC(CN2C(=O)CC(C(C)C)C2=O)CC1.CCC(=O)C1CCC(CN2C(=O)CC(SCCC(=O)C(C)C)C2=O)CC1. The minimum absolute atomic E-state index is 0.0101. The number of nitrogens with zero attached hydrogens (tertiary/aromatic N) is 2. The average molecular weight is 689 g/mol. The molecule has 9 nitrogen and oxygen atoms in total. The second-order valence-corrected chi connectivity index (χ2v) is 16.8. The normalized spacial score (nSPS) is 28.0. The van der Waals surface area contributed by atoms with Gasteiger partial charge in [0, 0.05) is 74.1 Å². The Kier molecular flexibility index (Phi) is 15.5. The Hall–Kier alpha value is -2.36. The van der Waals surface area contributed by atoms with Gasteiger partial charge in [0.15, 0.2) is 0 Å². The predicted octanol–water partition coefficient (Wildman–Crippen LogP) is 6.30. The molecule has 2 saturated carbocycles. The summed E-state index contributed by atoms with van der Waals surface area (Å²) in [6, 6.07) is 0. The molecule has 48 heavy (non-hydrogen) atoms. The Bertz CT molecular complexity index is 1180. The van der Waals surface area contributed by atoms with Gasteiger partial charge in [-0.1, -0.05) is 48.5 Å². The smallest absolute Gasteiger partial charge is 0.242 e. The summed E-state index contributed by atoms with van der Waals surface area (Å²) in [4.78, 5) is 87.7. The monoisotopic (exact) mass is 688 g/mol. The fourth-order valence-electron chi connectivity index (χ4n) is 7.56. The van der Waals surface area contributed by atoms with Gasteiger partial charge in [-0.3, -0.25) is 43.4 Å². The van der Waals surface area contributed by atoms with Crippen LogP contribution in [0.3, 0.4) is 0 Å². The van der Waals surface area contributed by atoms with Crippen LogP contribution >= 0.6 is 11.8 Å². The van der Waals surface area contributed by atoms with Crippen LogP contribution in [0.1, 0.15) is 126 Å². The molecule has 2 aliphatic carbocycles. The fourth-order valence-corrected chi connectivity index (χ4v) is 8.69. The average Bonchev–Trinajstić information content (AvgIpc) is 3.49. The lowest BCUT2D eigenvalue weighted by Crippen LogP contribution is -2.37. The van der Waals surface area contributed by atoms with Gasteiger partial charge in [-0.15, -0.1) is 11.8 Å². The molecule has 4 fully saturated rings. The number of hydrogen-bond donors (Lipinski definition) is 0. The molecule has 0 N–H and O–H groups in total. The molecule has 4 aliphatic rings.